The Morgan fingerprint density at radius 1 is 0.648 bits per heavy atom. The van der Waals surface area contributed by atoms with Crippen LogP contribution in [-0.2, 0) is 14.3 Å². The van der Waals surface area contributed by atoms with Crippen molar-refractivity contribution in [3.8, 4) is 0 Å². The zero-order valence-electron chi connectivity index (χ0n) is 34.3. The van der Waals surface area contributed by atoms with Crippen molar-refractivity contribution in [1.29, 1.82) is 0 Å². The fourth-order valence-corrected chi connectivity index (χ4v) is 6.99. The summed E-state index contributed by atoms with van der Waals surface area (Å²) in [5, 5.41) is 65.0. The molecule has 1 aliphatic rings. The number of carbonyl (C=O) groups excluding carboxylic acids is 1. The molecule has 0 aromatic rings. The fraction of sp³-hybridized carbons (Fsp3) is 0.886. The maximum Gasteiger partial charge on any atom is 0.220 e. The second kappa shape index (κ2) is 34.8. The molecular weight excluding hydrogens is 686 g/mol. The molecular formula is C44H83NO9. The number of hydrogen-bond donors (Lipinski definition) is 7. The van der Waals surface area contributed by atoms with Gasteiger partial charge in [0.15, 0.2) is 6.29 Å². The van der Waals surface area contributed by atoms with E-state index in [0.717, 1.165) is 57.8 Å². The summed E-state index contributed by atoms with van der Waals surface area (Å²) in [6.45, 7) is 3.56. The fourth-order valence-electron chi connectivity index (χ4n) is 6.99. The third-order valence-corrected chi connectivity index (χ3v) is 10.6. The Labute approximate surface area is 329 Å². The Kier molecular flexibility index (Phi) is 32.7. The molecule has 0 aromatic carbocycles. The first-order valence-electron chi connectivity index (χ1n) is 22.1. The average molecular weight is 770 g/mol. The quantitative estimate of drug-likeness (QED) is 0.0250. The number of hydrogen-bond acceptors (Lipinski definition) is 9. The normalized spacial score (nSPS) is 22.3. The molecule has 10 heteroatoms. The van der Waals surface area contributed by atoms with E-state index in [-0.39, 0.29) is 18.9 Å². The number of aliphatic hydroxyl groups is 6. The summed E-state index contributed by atoms with van der Waals surface area (Å²) < 4.78 is 11.1. The summed E-state index contributed by atoms with van der Waals surface area (Å²) in [6, 6.07) is -0.993. The zero-order valence-corrected chi connectivity index (χ0v) is 34.3. The van der Waals surface area contributed by atoms with Crippen LogP contribution in [-0.4, -0.2) is 98.7 Å². The summed E-state index contributed by atoms with van der Waals surface area (Å²) in [5.74, 6) is -0.267. The number of nitrogens with one attached hydrogen (secondary N) is 1. The standard InChI is InChI=1S/C44H83NO9/c1-3-5-7-9-11-13-15-17-18-19-20-21-23-25-27-29-31-33-39(48)45-36(35-53-44-43(52)42(51)41(50)38(34-46)54-44)40(49)37(47)32-30-28-26-24-22-16-14-12-10-8-6-4-2/h11,13,17-18,36-38,40-44,46-47,49-52H,3-10,12,14-16,19-35H2,1-2H3,(H,45,48)/b13-11-,18-17-/t36-,37+,38+,40-,41+,42-,43+,44-/m0/s1. The van der Waals surface area contributed by atoms with Gasteiger partial charge in [0.1, 0.15) is 30.5 Å². The molecule has 10 nitrogen and oxygen atoms in total. The Balaban J connectivity index is 2.42. The number of unbranched alkanes of at least 4 members (excludes halogenated alkanes) is 21. The highest BCUT2D eigenvalue weighted by molar-refractivity contribution is 5.76. The number of carbonyl (C=O) groups is 1. The van der Waals surface area contributed by atoms with Crippen LogP contribution in [0.25, 0.3) is 0 Å². The van der Waals surface area contributed by atoms with Crippen molar-refractivity contribution >= 4 is 5.91 Å². The van der Waals surface area contributed by atoms with Crippen molar-refractivity contribution in [3.05, 3.63) is 24.3 Å². The Hall–Kier alpha value is -1.37. The van der Waals surface area contributed by atoms with E-state index in [1.54, 1.807) is 0 Å². The van der Waals surface area contributed by atoms with Gasteiger partial charge < -0.3 is 45.4 Å². The van der Waals surface area contributed by atoms with Gasteiger partial charge in [-0.1, -0.05) is 160 Å². The van der Waals surface area contributed by atoms with E-state index in [0.29, 0.717) is 12.8 Å². The summed E-state index contributed by atoms with van der Waals surface area (Å²) in [5.41, 5.74) is 0. The molecule has 1 rings (SSSR count). The molecule has 7 N–H and O–H groups in total. The maximum absolute atomic E-state index is 13.0. The third kappa shape index (κ3) is 25.0. The Morgan fingerprint density at radius 3 is 1.69 bits per heavy atom. The van der Waals surface area contributed by atoms with Gasteiger partial charge in [-0.3, -0.25) is 4.79 Å². The molecule has 1 aliphatic heterocycles. The summed E-state index contributed by atoms with van der Waals surface area (Å²) in [7, 11) is 0. The number of ether oxygens (including phenoxy) is 2. The largest absolute Gasteiger partial charge is 0.394 e. The molecule has 0 aromatic heterocycles. The molecule has 8 atom stereocenters. The molecule has 1 amide bonds. The predicted molar refractivity (Wildman–Crippen MR) is 218 cm³/mol. The lowest BCUT2D eigenvalue weighted by molar-refractivity contribution is -0.303. The second-order valence-corrected chi connectivity index (χ2v) is 15.6. The van der Waals surface area contributed by atoms with Crippen molar-refractivity contribution < 1.29 is 44.9 Å². The summed E-state index contributed by atoms with van der Waals surface area (Å²) in [6.07, 6.45) is 28.9. The van der Waals surface area contributed by atoms with Crippen LogP contribution in [0.2, 0.25) is 0 Å². The van der Waals surface area contributed by atoms with Crippen LogP contribution in [0.3, 0.4) is 0 Å². The molecule has 0 radical (unpaired) electrons. The highest BCUT2D eigenvalue weighted by Gasteiger charge is 2.44. The van der Waals surface area contributed by atoms with Gasteiger partial charge in [0.2, 0.25) is 5.91 Å². The molecule has 0 aliphatic carbocycles. The Morgan fingerprint density at radius 2 is 1.13 bits per heavy atom. The molecule has 0 bridgehead atoms. The first-order chi connectivity index (χ1) is 26.3. The number of aliphatic hydroxyl groups excluding tert-OH is 6. The molecule has 1 saturated heterocycles. The van der Waals surface area contributed by atoms with E-state index in [4.69, 9.17) is 9.47 Å². The van der Waals surface area contributed by atoms with Crippen molar-refractivity contribution in [2.45, 2.75) is 236 Å². The average Bonchev–Trinajstić information content (AvgIpc) is 3.17. The first-order valence-corrected chi connectivity index (χ1v) is 22.1. The van der Waals surface area contributed by atoms with Crippen LogP contribution in [0.5, 0.6) is 0 Å². The molecule has 0 spiro atoms. The smallest absolute Gasteiger partial charge is 0.220 e. The van der Waals surface area contributed by atoms with E-state index in [9.17, 15) is 35.4 Å². The predicted octanol–water partition coefficient (Wildman–Crippen LogP) is 7.69. The SMILES string of the molecule is CCCCC/C=C\C/C=C\CCCCCCCCCC(=O)N[C@@H](CO[C@H]1O[C@H](CO)[C@@H](O)[C@H](O)[C@H]1O)[C@H](O)[C@H](O)CCCCCCCCCCCCCC. The second-order valence-electron chi connectivity index (χ2n) is 15.6. The van der Waals surface area contributed by atoms with Crippen molar-refractivity contribution in [1.82, 2.24) is 5.32 Å². The van der Waals surface area contributed by atoms with Crippen molar-refractivity contribution in [2.75, 3.05) is 13.2 Å². The highest BCUT2D eigenvalue weighted by atomic mass is 16.7. The lowest BCUT2D eigenvalue weighted by Crippen LogP contribution is -2.60. The molecule has 1 fully saturated rings. The molecule has 54 heavy (non-hydrogen) atoms. The van der Waals surface area contributed by atoms with Crippen molar-refractivity contribution in [3.63, 3.8) is 0 Å². The van der Waals surface area contributed by atoms with E-state index in [1.807, 2.05) is 0 Å². The van der Waals surface area contributed by atoms with Gasteiger partial charge in [-0.15, -0.1) is 0 Å². The van der Waals surface area contributed by atoms with E-state index >= 15 is 0 Å². The zero-order chi connectivity index (χ0) is 39.7. The highest BCUT2D eigenvalue weighted by Crippen LogP contribution is 2.23. The summed E-state index contributed by atoms with van der Waals surface area (Å²) >= 11 is 0. The minimum atomic E-state index is -1.61. The first kappa shape index (κ1) is 50.6. The number of rotatable bonds is 36. The van der Waals surface area contributed by atoms with Crippen molar-refractivity contribution in [2.24, 2.45) is 0 Å². The van der Waals surface area contributed by atoms with Gasteiger partial charge in [0, 0.05) is 6.42 Å². The molecule has 1 heterocycles. The van der Waals surface area contributed by atoms with Crippen LogP contribution in [0.1, 0.15) is 187 Å². The number of allylic oxidation sites excluding steroid dienone is 4. The van der Waals surface area contributed by atoms with E-state index in [1.165, 1.54) is 96.3 Å². The van der Waals surface area contributed by atoms with E-state index in [2.05, 4.69) is 43.5 Å². The van der Waals surface area contributed by atoms with E-state index < -0.39 is 55.6 Å². The monoisotopic (exact) mass is 770 g/mol. The van der Waals surface area contributed by atoms with Gasteiger partial charge in [-0.05, 0) is 44.9 Å². The topological polar surface area (TPSA) is 169 Å². The lowest BCUT2D eigenvalue weighted by atomic mass is 9.98. The minimum absolute atomic E-state index is 0.267. The molecule has 0 saturated carbocycles. The van der Waals surface area contributed by atoms with Gasteiger partial charge in [0.25, 0.3) is 0 Å². The van der Waals surface area contributed by atoms with Crippen LogP contribution in [0.4, 0.5) is 0 Å². The van der Waals surface area contributed by atoms with Gasteiger partial charge >= 0.3 is 0 Å². The lowest BCUT2D eigenvalue weighted by Gasteiger charge is -2.40. The van der Waals surface area contributed by atoms with Crippen LogP contribution >= 0.6 is 0 Å². The van der Waals surface area contributed by atoms with Crippen LogP contribution < -0.4 is 5.32 Å². The Bertz CT molecular complexity index is 916. The number of amides is 1. The third-order valence-electron chi connectivity index (χ3n) is 10.6. The minimum Gasteiger partial charge on any atom is -0.394 e. The van der Waals surface area contributed by atoms with Gasteiger partial charge in [-0.25, -0.2) is 0 Å². The molecule has 0 unspecified atom stereocenters. The maximum atomic E-state index is 13.0. The van der Waals surface area contributed by atoms with Gasteiger partial charge in [-0.2, -0.15) is 0 Å². The van der Waals surface area contributed by atoms with Crippen LogP contribution in [0.15, 0.2) is 24.3 Å². The molecule has 318 valence electrons. The van der Waals surface area contributed by atoms with Gasteiger partial charge in [0.05, 0.1) is 25.4 Å². The van der Waals surface area contributed by atoms with Crippen LogP contribution in [0, 0.1) is 0 Å². The summed E-state index contributed by atoms with van der Waals surface area (Å²) in [4.78, 5) is 13.0.